The number of aromatic nitrogens is 3. The van der Waals surface area contributed by atoms with Gasteiger partial charge in [0.2, 0.25) is 17.8 Å². The summed E-state index contributed by atoms with van der Waals surface area (Å²) in [6.07, 6.45) is 3.01. The number of nitrogens with zero attached hydrogens (tertiary/aromatic N) is 3. The number of hydrogen-bond acceptors (Lipinski definition) is 9. The van der Waals surface area contributed by atoms with E-state index in [1.54, 1.807) is 12.1 Å². The molecule has 0 spiro atoms. The lowest BCUT2D eigenvalue weighted by molar-refractivity contribution is 0.0519. The molecule has 2 aromatic carbocycles. The highest BCUT2D eigenvalue weighted by atomic mass is 16.5. The summed E-state index contributed by atoms with van der Waals surface area (Å²) in [7, 11) is 0. The summed E-state index contributed by atoms with van der Waals surface area (Å²) in [6.45, 7) is 6.50. The minimum atomic E-state index is -0.104. The van der Waals surface area contributed by atoms with Gasteiger partial charge in [-0.1, -0.05) is 61.9 Å². The van der Waals surface area contributed by atoms with Gasteiger partial charge < -0.3 is 30.7 Å². The molecule has 1 heterocycles. The molecule has 3 rings (SSSR count). The summed E-state index contributed by atoms with van der Waals surface area (Å²) in [5.41, 5.74) is 1.90. The molecule has 204 valence electrons. The lowest BCUT2D eigenvalue weighted by Crippen LogP contribution is -2.27. The van der Waals surface area contributed by atoms with Crippen LogP contribution in [0.15, 0.2) is 60.7 Å². The maximum Gasteiger partial charge on any atom is 0.251 e. The number of anilines is 3. The topological polar surface area (TPSA) is 122 Å². The van der Waals surface area contributed by atoms with E-state index in [1.165, 1.54) is 5.56 Å². The number of hydrogen-bond donors (Lipinski definition) is 4. The van der Waals surface area contributed by atoms with E-state index in [2.05, 4.69) is 55.3 Å². The number of carbonyl (C=O) groups is 1. The number of rotatable bonds is 19. The molecule has 0 unspecified atom stereocenters. The third-order valence-electron chi connectivity index (χ3n) is 5.46. The third-order valence-corrected chi connectivity index (χ3v) is 5.46. The number of ether oxygens (including phenoxy) is 2. The quantitative estimate of drug-likeness (QED) is 0.175. The molecule has 1 amide bonds. The summed E-state index contributed by atoms with van der Waals surface area (Å²) < 4.78 is 11.2. The number of benzene rings is 2. The van der Waals surface area contributed by atoms with Crippen molar-refractivity contribution in [2.24, 2.45) is 0 Å². The van der Waals surface area contributed by atoms with Crippen molar-refractivity contribution < 1.29 is 14.3 Å². The molecule has 10 nitrogen and oxygen atoms in total. The van der Waals surface area contributed by atoms with Gasteiger partial charge in [-0.3, -0.25) is 4.79 Å². The fourth-order valence-corrected chi connectivity index (χ4v) is 3.44. The van der Waals surface area contributed by atoms with E-state index in [0.717, 1.165) is 32.4 Å². The minimum Gasteiger partial charge on any atom is -0.377 e. The van der Waals surface area contributed by atoms with Crippen LogP contribution >= 0.6 is 0 Å². The Balaban J connectivity index is 1.31. The van der Waals surface area contributed by atoms with Crippen LogP contribution in [0.5, 0.6) is 0 Å². The van der Waals surface area contributed by atoms with Crippen molar-refractivity contribution in [2.45, 2.75) is 26.2 Å². The van der Waals surface area contributed by atoms with E-state index in [4.69, 9.17) is 9.47 Å². The second-order valence-electron chi connectivity index (χ2n) is 8.52. The van der Waals surface area contributed by atoms with E-state index in [1.807, 2.05) is 36.4 Å². The molecule has 38 heavy (non-hydrogen) atoms. The zero-order valence-corrected chi connectivity index (χ0v) is 22.1. The molecule has 0 saturated heterocycles. The lowest BCUT2D eigenvalue weighted by Gasteiger charge is -2.12. The van der Waals surface area contributed by atoms with Crippen molar-refractivity contribution in [2.75, 3.05) is 68.6 Å². The van der Waals surface area contributed by atoms with E-state index < -0.39 is 0 Å². The van der Waals surface area contributed by atoms with Crippen molar-refractivity contribution in [3.63, 3.8) is 0 Å². The van der Waals surface area contributed by atoms with Crippen LogP contribution < -0.4 is 21.3 Å². The van der Waals surface area contributed by atoms with E-state index in [-0.39, 0.29) is 5.91 Å². The van der Waals surface area contributed by atoms with Gasteiger partial charge in [0.15, 0.2) is 0 Å². The van der Waals surface area contributed by atoms with E-state index in [9.17, 15) is 4.79 Å². The predicted octanol–water partition coefficient (Wildman–Crippen LogP) is 3.61. The first-order valence-electron chi connectivity index (χ1n) is 13.2. The zero-order valence-electron chi connectivity index (χ0n) is 22.1. The van der Waals surface area contributed by atoms with Crippen LogP contribution in [-0.2, 0) is 15.9 Å². The van der Waals surface area contributed by atoms with Crippen molar-refractivity contribution >= 4 is 23.8 Å². The Morgan fingerprint density at radius 2 is 1.24 bits per heavy atom. The Labute approximate surface area is 225 Å². The molecular formula is C28H39N7O3. The van der Waals surface area contributed by atoms with Gasteiger partial charge in [-0.05, 0) is 30.5 Å². The second kappa shape index (κ2) is 17.7. The average Bonchev–Trinajstić information content (AvgIpc) is 2.95. The molecule has 1 aromatic heterocycles. The van der Waals surface area contributed by atoms with Crippen molar-refractivity contribution in [3.05, 3.63) is 71.8 Å². The normalized spacial score (nSPS) is 10.7. The first-order valence-corrected chi connectivity index (χ1v) is 13.2. The first-order chi connectivity index (χ1) is 18.7. The van der Waals surface area contributed by atoms with Crippen molar-refractivity contribution in [1.29, 1.82) is 0 Å². The van der Waals surface area contributed by atoms with Gasteiger partial charge in [0.25, 0.3) is 5.91 Å². The van der Waals surface area contributed by atoms with Gasteiger partial charge in [-0.15, -0.1) is 0 Å². The van der Waals surface area contributed by atoms with Gasteiger partial charge in [-0.25, -0.2) is 0 Å². The summed E-state index contributed by atoms with van der Waals surface area (Å²) in [5.74, 6) is 1.47. The maximum atomic E-state index is 12.0. The lowest BCUT2D eigenvalue weighted by atomic mass is 10.1. The van der Waals surface area contributed by atoms with Gasteiger partial charge in [0, 0.05) is 31.7 Å². The molecule has 0 aliphatic carbocycles. The molecule has 0 radical (unpaired) electrons. The molecular weight excluding hydrogens is 482 g/mol. The smallest absolute Gasteiger partial charge is 0.251 e. The molecule has 0 saturated carbocycles. The van der Waals surface area contributed by atoms with Crippen LogP contribution in [0, 0.1) is 0 Å². The Morgan fingerprint density at radius 1 is 0.684 bits per heavy atom. The third kappa shape index (κ3) is 11.5. The molecule has 10 heteroatoms. The first kappa shape index (κ1) is 28.8. The van der Waals surface area contributed by atoms with Gasteiger partial charge in [0.05, 0.1) is 26.4 Å². The minimum absolute atomic E-state index is 0.104. The van der Waals surface area contributed by atoms with Crippen molar-refractivity contribution in [1.82, 2.24) is 20.3 Å². The largest absolute Gasteiger partial charge is 0.377 e. The fraction of sp³-hybridized carbons (Fsp3) is 0.429. The molecule has 0 bridgehead atoms. The molecule has 0 aliphatic heterocycles. The van der Waals surface area contributed by atoms with Crippen molar-refractivity contribution in [3.8, 4) is 0 Å². The number of amides is 1. The summed E-state index contributed by atoms with van der Waals surface area (Å²) >= 11 is 0. The highest BCUT2D eigenvalue weighted by Gasteiger charge is 2.07. The standard InChI is InChI=1S/C28H39N7O3/c1-2-3-15-30-26-33-27(31-16-14-23-10-6-4-7-11-23)35-28(34-26)32-18-20-38-22-21-37-19-17-29-25(36)24-12-8-5-9-13-24/h4-13H,2-3,14-22H2,1H3,(H,29,36)(H3,30,31,32,33,34,35). The van der Waals surface area contributed by atoms with Crippen LogP contribution in [-0.4, -0.2) is 73.5 Å². The Hall–Kier alpha value is -3.76. The zero-order chi connectivity index (χ0) is 26.7. The van der Waals surface area contributed by atoms with E-state index in [0.29, 0.717) is 62.9 Å². The Kier molecular flexibility index (Phi) is 13.4. The maximum absolute atomic E-state index is 12.0. The molecule has 3 aromatic rings. The predicted molar refractivity (Wildman–Crippen MR) is 151 cm³/mol. The fourth-order valence-electron chi connectivity index (χ4n) is 3.44. The van der Waals surface area contributed by atoms with Crippen LogP contribution in [0.3, 0.4) is 0 Å². The summed E-state index contributed by atoms with van der Waals surface area (Å²) in [6, 6.07) is 19.4. The highest BCUT2D eigenvalue weighted by Crippen LogP contribution is 2.10. The molecule has 4 N–H and O–H groups in total. The number of nitrogens with one attached hydrogen (secondary N) is 4. The van der Waals surface area contributed by atoms with Crippen LogP contribution in [0.2, 0.25) is 0 Å². The molecule has 0 atom stereocenters. The average molecular weight is 522 g/mol. The molecule has 0 aliphatic rings. The molecule has 0 fully saturated rings. The summed E-state index contributed by atoms with van der Waals surface area (Å²) in [4.78, 5) is 25.4. The second-order valence-corrected chi connectivity index (χ2v) is 8.52. The van der Waals surface area contributed by atoms with Gasteiger partial charge in [0.1, 0.15) is 0 Å². The van der Waals surface area contributed by atoms with Gasteiger partial charge in [-0.2, -0.15) is 15.0 Å². The number of carbonyl (C=O) groups excluding carboxylic acids is 1. The Bertz CT molecular complexity index is 1050. The Morgan fingerprint density at radius 3 is 1.87 bits per heavy atom. The number of unbranched alkanes of at least 4 members (excludes halogenated alkanes) is 1. The van der Waals surface area contributed by atoms with Crippen LogP contribution in [0.4, 0.5) is 17.8 Å². The monoisotopic (exact) mass is 521 g/mol. The summed E-state index contributed by atoms with van der Waals surface area (Å²) in [5, 5.41) is 12.6. The highest BCUT2D eigenvalue weighted by molar-refractivity contribution is 5.94. The van der Waals surface area contributed by atoms with Crippen LogP contribution in [0.25, 0.3) is 0 Å². The van der Waals surface area contributed by atoms with Crippen LogP contribution in [0.1, 0.15) is 35.7 Å². The van der Waals surface area contributed by atoms with Gasteiger partial charge >= 0.3 is 0 Å². The van der Waals surface area contributed by atoms with E-state index >= 15 is 0 Å². The SMILES string of the molecule is CCCCNc1nc(NCCOCCOCCNC(=O)c2ccccc2)nc(NCCc2ccccc2)n1.